The summed E-state index contributed by atoms with van der Waals surface area (Å²) in [5.41, 5.74) is 0.560. The highest BCUT2D eigenvalue weighted by Crippen LogP contribution is 2.28. The molecule has 0 saturated heterocycles. The van der Waals surface area contributed by atoms with Crippen LogP contribution in [-0.4, -0.2) is 31.2 Å². The van der Waals surface area contributed by atoms with Gasteiger partial charge >= 0.3 is 0 Å². The maximum Gasteiger partial charge on any atom is 0.225 e. The Balaban J connectivity index is 2.51. The van der Waals surface area contributed by atoms with Crippen molar-refractivity contribution in [2.45, 2.75) is 13.3 Å². The third-order valence-corrected chi connectivity index (χ3v) is 2.24. The van der Waals surface area contributed by atoms with Gasteiger partial charge in [-0.2, -0.15) is 0 Å². The van der Waals surface area contributed by atoms with Crippen molar-refractivity contribution in [2.24, 2.45) is 0 Å². The van der Waals surface area contributed by atoms with Crippen LogP contribution in [-0.2, 0) is 4.79 Å². The Morgan fingerprint density at radius 2 is 2.24 bits per heavy atom. The van der Waals surface area contributed by atoms with Crippen LogP contribution in [0.5, 0.6) is 11.5 Å². The normalized spacial score (nSPS) is 10.0. The number of methoxy groups -OCH3 is 1. The van der Waals surface area contributed by atoms with Gasteiger partial charge in [-0.1, -0.05) is 6.92 Å². The Bertz CT molecular complexity index is 380. The van der Waals surface area contributed by atoms with Crippen LogP contribution < -0.4 is 15.4 Å². The first kappa shape index (κ1) is 13.3. The number of phenols is 1. The Hall–Kier alpha value is -1.75. The number of carbonyl (C=O) groups is 1. The number of nitrogens with one attached hydrogen (secondary N) is 2. The van der Waals surface area contributed by atoms with Crippen molar-refractivity contribution < 1.29 is 14.6 Å². The third-order valence-electron chi connectivity index (χ3n) is 2.24. The van der Waals surface area contributed by atoms with Gasteiger partial charge < -0.3 is 20.5 Å². The number of hydrogen-bond acceptors (Lipinski definition) is 4. The van der Waals surface area contributed by atoms with E-state index in [0.717, 1.165) is 6.54 Å². The van der Waals surface area contributed by atoms with Gasteiger partial charge in [-0.05, 0) is 18.7 Å². The van der Waals surface area contributed by atoms with Gasteiger partial charge in [0.05, 0.1) is 7.11 Å². The average Bonchev–Trinajstić information content (AvgIpc) is 2.29. The van der Waals surface area contributed by atoms with E-state index in [1.54, 1.807) is 12.1 Å². The smallest absolute Gasteiger partial charge is 0.225 e. The number of carbonyl (C=O) groups excluding carboxylic acids is 1. The van der Waals surface area contributed by atoms with Gasteiger partial charge in [-0.3, -0.25) is 4.79 Å². The largest absolute Gasteiger partial charge is 0.504 e. The Kier molecular flexibility index (Phi) is 5.29. The van der Waals surface area contributed by atoms with Crippen molar-refractivity contribution in [3.05, 3.63) is 18.2 Å². The van der Waals surface area contributed by atoms with Crippen molar-refractivity contribution in [2.75, 3.05) is 25.5 Å². The van der Waals surface area contributed by atoms with E-state index in [1.165, 1.54) is 13.2 Å². The zero-order valence-corrected chi connectivity index (χ0v) is 10.1. The summed E-state index contributed by atoms with van der Waals surface area (Å²) in [6.45, 7) is 3.47. The zero-order chi connectivity index (χ0) is 12.7. The average molecular weight is 238 g/mol. The number of anilines is 1. The molecule has 1 amide bonds. The monoisotopic (exact) mass is 238 g/mol. The number of amides is 1. The summed E-state index contributed by atoms with van der Waals surface area (Å²) < 4.78 is 4.91. The maximum absolute atomic E-state index is 11.5. The molecule has 17 heavy (non-hydrogen) atoms. The fourth-order valence-corrected chi connectivity index (χ4v) is 1.37. The SMILES string of the molecule is CCNCCC(=O)Nc1ccc(OC)c(O)c1. The van der Waals surface area contributed by atoms with E-state index < -0.39 is 0 Å². The molecule has 94 valence electrons. The predicted octanol–water partition coefficient (Wildman–Crippen LogP) is 1.34. The van der Waals surface area contributed by atoms with E-state index in [9.17, 15) is 9.90 Å². The molecular formula is C12H18N2O3. The van der Waals surface area contributed by atoms with Gasteiger partial charge in [-0.25, -0.2) is 0 Å². The van der Waals surface area contributed by atoms with E-state index in [1.807, 2.05) is 6.92 Å². The zero-order valence-electron chi connectivity index (χ0n) is 10.1. The first-order chi connectivity index (χ1) is 8.17. The molecule has 0 aliphatic rings. The van der Waals surface area contributed by atoms with Gasteiger partial charge in [0.2, 0.25) is 5.91 Å². The van der Waals surface area contributed by atoms with E-state index in [0.29, 0.717) is 24.4 Å². The van der Waals surface area contributed by atoms with E-state index in [-0.39, 0.29) is 11.7 Å². The highest BCUT2D eigenvalue weighted by atomic mass is 16.5. The van der Waals surface area contributed by atoms with Crippen LogP contribution >= 0.6 is 0 Å². The summed E-state index contributed by atoms with van der Waals surface area (Å²) in [4.78, 5) is 11.5. The molecule has 0 radical (unpaired) electrons. The molecule has 0 aromatic heterocycles. The van der Waals surface area contributed by atoms with Crippen molar-refractivity contribution in [3.63, 3.8) is 0 Å². The lowest BCUT2D eigenvalue weighted by Gasteiger charge is -2.08. The first-order valence-electron chi connectivity index (χ1n) is 5.55. The summed E-state index contributed by atoms with van der Waals surface area (Å²) in [5.74, 6) is 0.308. The Labute approximate surface area is 101 Å². The second-order valence-electron chi connectivity index (χ2n) is 3.54. The number of benzene rings is 1. The second kappa shape index (κ2) is 6.75. The topological polar surface area (TPSA) is 70.6 Å². The molecule has 0 aliphatic carbocycles. The minimum absolute atomic E-state index is 0.0111. The molecule has 0 saturated carbocycles. The number of hydrogen-bond donors (Lipinski definition) is 3. The number of ether oxygens (including phenoxy) is 1. The Morgan fingerprint density at radius 3 is 2.82 bits per heavy atom. The van der Waals surface area contributed by atoms with Crippen molar-refractivity contribution >= 4 is 11.6 Å². The molecule has 1 aromatic carbocycles. The highest BCUT2D eigenvalue weighted by molar-refractivity contribution is 5.91. The van der Waals surface area contributed by atoms with Crippen LogP contribution in [0.2, 0.25) is 0 Å². The number of rotatable bonds is 6. The molecule has 0 aliphatic heterocycles. The number of phenolic OH excluding ortho intramolecular Hbond substituents is 1. The van der Waals surface area contributed by atoms with Gasteiger partial charge in [0.1, 0.15) is 0 Å². The standard InChI is InChI=1S/C12H18N2O3/c1-3-13-7-6-12(16)14-9-4-5-11(17-2)10(15)8-9/h4-5,8,13,15H,3,6-7H2,1-2H3,(H,14,16). The number of aromatic hydroxyl groups is 1. The lowest BCUT2D eigenvalue weighted by molar-refractivity contribution is -0.116. The van der Waals surface area contributed by atoms with Crippen LogP contribution in [0.1, 0.15) is 13.3 Å². The fourth-order valence-electron chi connectivity index (χ4n) is 1.37. The minimum Gasteiger partial charge on any atom is -0.504 e. The Morgan fingerprint density at radius 1 is 1.47 bits per heavy atom. The van der Waals surface area contributed by atoms with Crippen LogP contribution in [0.3, 0.4) is 0 Å². The molecular weight excluding hydrogens is 220 g/mol. The van der Waals surface area contributed by atoms with Gasteiger partial charge in [0.15, 0.2) is 11.5 Å². The van der Waals surface area contributed by atoms with Crippen LogP contribution in [0.25, 0.3) is 0 Å². The molecule has 3 N–H and O–H groups in total. The molecule has 1 aromatic rings. The molecule has 0 unspecified atom stereocenters. The first-order valence-corrected chi connectivity index (χ1v) is 5.55. The highest BCUT2D eigenvalue weighted by Gasteiger charge is 2.05. The van der Waals surface area contributed by atoms with Crippen molar-refractivity contribution in [1.82, 2.24) is 5.32 Å². The van der Waals surface area contributed by atoms with Gasteiger partial charge in [0.25, 0.3) is 0 Å². The lowest BCUT2D eigenvalue weighted by atomic mass is 10.2. The van der Waals surface area contributed by atoms with E-state index >= 15 is 0 Å². The maximum atomic E-state index is 11.5. The van der Waals surface area contributed by atoms with Crippen LogP contribution in [0.4, 0.5) is 5.69 Å². The summed E-state index contributed by atoms with van der Waals surface area (Å²) in [6, 6.07) is 4.75. The molecule has 0 heterocycles. The minimum atomic E-state index is -0.0875. The summed E-state index contributed by atoms with van der Waals surface area (Å²) in [6.07, 6.45) is 0.403. The molecule has 0 spiro atoms. The molecule has 0 bridgehead atoms. The summed E-state index contributed by atoms with van der Waals surface area (Å²) >= 11 is 0. The van der Waals surface area contributed by atoms with E-state index in [4.69, 9.17) is 4.74 Å². The van der Waals surface area contributed by atoms with E-state index in [2.05, 4.69) is 10.6 Å². The fraction of sp³-hybridized carbons (Fsp3) is 0.417. The van der Waals surface area contributed by atoms with Crippen LogP contribution in [0.15, 0.2) is 18.2 Å². The molecule has 0 atom stereocenters. The molecule has 1 rings (SSSR count). The van der Waals surface area contributed by atoms with Crippen molar-refractivity contribution in [1.29, 1.82) is 0 Å². The second-order valence-corrected chi connectivity index (χ2v) is 3.54. The molecule has 5 heteroatoms. The van der Waals surface area contributed by atoms with Gasteiger partial charge in [-0.15, -0.1) is 0 Å². The lowest BCUT2D eigenvalue weighted by Crippen LogP contribution is -2.21. The third kappa shape index (κ3) is 4.32. The summed E-state index contributed by atoms with van der Waals surface area (Å²) in [7, 11) is 1.48. The quantitative estimate of drug-likeness (QED) is 0.654. The van der Waals surface area contributed by atoms with Crippen LogP contribution in [0, 0.1) is 0 Å². The summed E-state index contributed by atoms with van der Waals surface area (Å²) in [5, 5.41) is 15.3. The van der Waals surface area contributed by atoms with Gasteiger partial charge in [0, 0.05) is 24.7 Å². The molecule has 5 nitrogen and oxygen atoms in total. The predicted molar refractivity (Wildman–Crippen MR) is 66.4 cm³/mol. The van der Waals surface area contributed by atoms with Crippen molar-refractivity contribution in [3.8, 4) is 11.5 Å². The molecule has 0 fully saturated rings.